The molecule has 0 saturated carbocycles. The molecule has 1 aromatic carbocycles. The number of carbonyl (C=O) groups excluding carboxylic acids is 2. The normalized spacial score (nSPS) is 10.3. The molecule has 2 rings (SSSR count). The molecule has 0 bridgehead atoms. The Morgan fingerprint density at radius 2 is 2.08 bits per heavy atom. The average Bonchev–Trinajstić information content (AvgIpc) is 2.89. The van der Waals surface area contributed by atoms with Crippen LogP contribution >= 0.6 is 27.3 Å². The first-order valence-corrected chi connectivity index (χ1v) is 8.85. The summed E-state index contributed by atoms with van der Waals surface area (Å²) in [7, 11) is 0. The zero-order valence-corrected chi connectivity index (χ0v) is 15.9. The van der Waals surface area contributed by atoms with Gasteiger partial charge in [0.2, 0.25) is 0 Å². The van der Waals surface area contributed by atoms with E-state index in [-0.39, 0.29) is 19.1 Å². The molecule has 0 unspecified atom stereocenters. The first-order chi connectivity index (χ1) is 11.4. The van der Waals surface area contributed by atoms with Gasteiger partial charge in [0.25, 0.3) is 5.91 Å². The number of ether oxygens (including phenoxy) is 2. The zero-order chi connectivity index (χ0) is 17.7. The molecular formula is C16H17BrN2O4S. The van der Waals surface area contributed by atoms with Crippen molar-refractivity contribution in [2.24, 2.45) is 0 Å². The molecule has 2 aromatic rings. The Morgan fingerprint density at radius 3 is 2.75 bits per heavy atom. The molecule has 1 amide bonds. The Balaban J connectivity index is 1.93. The molecule has 1 heterocycles. The van der Waals surface area contributed by atoms with E-state index < -0.39 is 5.97 Å². The number of nitrogens with one attached hydrogen (secondary N) is 1. The molecule has 0 aliphatic heterocycles. The van der Waals surface area contributed by atoms with Gasteiger partial charge in [-0.15, -0.1) is 0 Å². The van der Waals surface area contributed by atoms with E-state index in [9.17, 15) is 9.59 Å². The summed E-state index contributed by atoms with van der Waals surface area (Å²) >= 11 is 4.49. The lowest BCUT2D eigenvalue weighted by Crippen LogP contribution is -2.20. The van der Waals surface area contributed by atoms with Crippen LogP contribution in [0.1, 0.15) is 27.9 Å². The van der Waals surface area contributed by atoms with E-state index in [0.29, 0.717) is 21.5 Å². The third-order valence-electron chi connectivity index (χ3n) is 3.00. The van der Waals surface area contributed by atoms with Gasteiger partial charge in [0.15, 0.2) is 11.7 Å². The minimum absolute atomic E-state index is 0.144. The van der Waals surface area contributed by atoms with Crippen molar-refractivity contribution in [1.82, 2.24) is 4.98 Å². The number of anilines is 1. The first kappa shape index (κ1) is 18.4. The number of carbonyl (C=O) groups is 2. The molecule has 0 aliphatic carbocycles. The lowest BCUT2D eigenvalue weighted by molar-refractivity contribution is -0.118. The second-order valence-corrected chi connectivity index (χ2v) is 6.76. The number of hydrogen-bond acceptors (Lipinski definition) is 6. The Labute approximate surface area is 152 Å². The number of amides is 1. The maximum Gasteiger partial charge on any atom is 0.350 e. The topological polar surface area (TPSA) is 77.5 Å². The summed E-state index contributed by atoms with van der Waals surface area (Å²) in [6.45, 7) is 5.51. The van der Waals surface area contributed by atoms with Crippen molar-refractivity contribution in [2.75, 3.05) is 18.5 Å². The lowest BCUT2D eigenvalue weighted by atomic mass is 10.2. The van der Waals surface area contributed by atoms with Crippen LogP contribution in [0, 0.1) is 13.8 Å². The van der Waals surface area contributed by atoms with Crippen LogP contribution < -0.4 is 10.1 Å². The lowest BCUT2D eigenvalue weighted by Gasteiger charge is -2.07. The number of aromatic nitrogens is 1. The number of aryl methyl sites for hydroxylation is 2. The van der Waals surface area contributed by atoms with Gasteiger partial charge in [0.1, 0.15) is 10.6 Å². The standard InChI is InChI=1S/C16H17BrN2O4S/c1-4-22-15(21)14-10(3)18-16(24-14)19-13(20)8-23-11-5-6-12(17)9(2)7-11/h5-7H,4,8H2,1-3H3,(H,18,19,20). The van der Waals surface area contributed by atoms with Crippen LogP contribution in [0.15, 0.2) is 22.7 Å². The molecule has 24 heavy (non-hydrogen) atoms. The number of thiazole rings is 1. The van der Waals surface area contributed by atoms with E-state index in [0.717, 1.165) is 21.4 Å². The van der Waals surface area contributed by atoms with Crippen molar-refractivity contribution in [3.05, 3.63) is 38.8 Å². The van der Waals surface area contributed by atoms with E-state index in [1.165, 1.54) is 0 Å². The maximum atomic E-state index is 12.0. The van der Waals surface area contributed by atoms with Crippen molar-refractivity contribution in [2.45, 2.75) is 20.8 Å². The fourth-order valence-corrected chi connectivity index (χ4v) is 2.97. The molecule has 1 N–H and O–H groups in total. The summed E-state index contributed by atoms with van der Waals surface area (Å²) < 4.78 is 11.4. The van der Waals surface area contributed by atoms with Gasteiger partial charge in [-0.3, -0.25) is 10.1 Å². The highest BCUT2D eigenvalue weighted by molar-refractivity contribution is 9.10. The Hall–Kier alpha value is -1.93. The van der Waals surface area contributed by atoms with E-state index >= 15 is 0 Å². The number of hydrogen-bond donors (Lipinski definition) is 1. The van der Waals surface area contributed by atoms with Gasteiger partial charge in [-0.2, -0.15) is 0 Å². The summed E-state index contributed by atoms with van der Waals surface area (Å²) in [4.78, 5) is 28.2. The number of rotatable bonds is 6. The van der Waals surface area contributed by atoms with Crippen LogP contribution in [0.5, 0.6) is 5.75 Å². The average molecular weight is 413 g/mol. The van der Waals surface area contributed by atoms with Crippen LogP contribution in [-0.4, -0.2) is 30.1 Å². The van der Waals surface area contributed by atoms with Crippen molar-refractivity contribution in [1.29, 1.82) is 0 Å². The Kier molecular flexibility index (Phi) is 6.33. The summed E-state index contributed by atoms with van der Waals surface area (Å²) in [5.74, 6) is -0.178. The Bertz CT molecular complexity index is 761. The van der Waals surface area contributed by atoms with Crippen LogP contribution in [0.2, 0.25) is 0 Å². The van der Waals surface area contributed by atoms with E-state index in [1.54, 1.807) is 19.9 Å². The van der Waals surface area contributed by atoms with Crippen LogP contribution in [0.25, 0.3) is 0 Å². The highest BCUT2D eigenvalue weighted by atomic mass is 79.9. The van der Waals surface area contributed by atoms with E-state index in [1.807, 2.05) is 19.1 Å². The highest BCUT2D eigenvalue weighted by Crippen LogP contribution is 2.24. The fourth-order valence-electron chi connectivity index (χ4n) is 1.85. The molecule has 1 aromatic heterocycles. The minimum Gasteiger partial charge on any atom is -0.484 e. The number of halogens is 1. The molecule has 128 valence electrons. The highest BCUT2D eigenvalue weighted by Gasteiger charge is 2.17. The van der Waals surface area contributed by atoms with Crippen LogP contribution in [0.3, 0.4) is 0 Å². The first-order valence-electron chi connectivity index (χ1n) is 7.24. The van der Waals surface area contributed by atoms with Crippen molar-refractivity contribution >= 4 is 44.3 Å². The SMILES string of the molecule is CCOC(=O)c1sc(NC(=O)COc2ccc(Br)c(C)c2)nc1C. The van der Waals surface area contributed by atoms with Gasteiger partial charge in [0, 0.05) is 4.47 Å². The fraction of sp³-hybridized carbons (Fsp3) is 0.312. The van der Waals surface area contributed by atoms with Crippen LogP contribution in [0.4, 0.5) is 5.13 Å². The summed E-state index contributed by atoms with van der Waals surface area (Å²) in [6, 6.07) is 5.47. The smallest absolute Gasteiger partial charge is 0.350 e. The summed E-state index contributed by atoms with van der Waals surface area (Å²) in [6.07, 6.45) is 0. The second-order valence-electron chi connectivity index (χ2n) is 4.90. The van der Waals surface area contributed by atoms with Gasteiger partial charge in [-0.05, 0) is 44.5 Å². The second kappa shape index (κ2) is 8.25. The molecule has 0 saturated heterocycles. The predicted molar refractivity (Wildman–Crippen MR) is 95.8 cm³/mol. The minimum atomic E-state index is -0.436. The molecular weight excluding hydrogens is 396 g/mol. The van der Waals surface area contributed by atoms with Gasteiger partial charge in [0.05, 0.1) is 12.3 Å². The zero-order valence-electron chi connectivity index (χ0n) is 13.5. The van der Waals surface area contributed by atoms with Crippen molar-refractivity contribution in [3.63, 3.8) is 0 Å². The van der Waals surface area contributed by atoms with Gasteiger partial charge in [-0.1, -0.05) is 27.3 Å². The third-order valence-corrected chi connectivity index (χ3v) is 4.95. The van der Waals surface area contributed by atoms with Crippen molar-refractivity contribution in [3.8, 4) is 5.75 Å². The number of esters is 1. The largest absolute Gasteiger partial charge is 0.484 e. The summed E-state index contributed by atoms with van der Waals surface area (Å²) in [5.41, 5.74) is 1.54. The monoisotopic (exact) mass is 412 g/mol. The number of benzene rings is 1. The molecule has 8 heteroatoms. The number of nitrogens with zero attached hydrogens (tertiary/aromatic N) is 1. The van der Waals surface area contributed by atoms with Crippen molar-refractivity contribution < 1.29 is 19.1 Å². The molecule has 0 radical (unpaired) electrons. The van der Waals surface area contributed by atoms with Gasteiger partial charge >= 0.3 is 5.97 Å². The quantitative estimate of drug-likeness (QED) is 0.731. The van der Waals surface area contributed by atoms with Crippen LogP contribution in [-0.2, 0) is 9.53 Å². The summed E-state index contributed by atoms with van der Waals surface area (Å²) in [5, 5.41) is 2.97. The van der Waals surface area contributed by atoms with E-state index in [4.69, 9.17) is 9.47 Å². The molecule has 0 atom stereocenters. The molecule has 0 aliphatic rings. The predicted octanol–water partition coefficient (Wildman–Crippen LogP) is 3.72. The molecule has 6 nitrogen and oxygen atoms in total. The van der Waals surface area contributed by atoms with E-state index in [2.05, 4.69) is 26.2 Å². The van der Waals surface area contributed by atoms with Gasteiger partial charge < -0.3 is 9.47 Å². The molecule has 0 fully saturated rings. The third kappa shape index (κ3) is 4.78. The maximum absolute atomic E-state index is 12.0. The Morgan fingerprint density at radius 1 is 1.33 bits per heavy atom. The van der Waals surface area contributed by atoms with Gasteiger partial charge in [-0.25, -0.2) is 9.78 Å². The molecule has 0 spiro atoms.